The third-order valence-corrected chi connectivity index (χ3v) is 4.73. The van der Waals surface area contributed by atoms with Gasteiger partial charge in [-0.2, -0.15) is 13.2 Å². The van der Waals surface area contributed by atoms with Crippen molar-refractivity contribution in [2.45, 2.75) is 12.6 Å². The van der Waals surface area contributed by atoms with Crippen LogP contribution in [0.3, 0.4) is 0 Å². The van der Waals surface area contributed by atoms with Crippen molar-refractivity contribution in [2.24, 2.45) is 0 Å². The number of hydrogen-bond donors (Lipinski definition) is 3. The number of aliphatic carboxylic acids is 1. The zero-order valence-corrected chi connectivity index (χ0v) is 18.9. The summed E-state index contributed by atoms with van der Waals surface area (Å²) in [6, 6.07) is 13.3. The van der Waals surface area contributed by atoms with Crippen molar-refractivity contribution in [2.75, 3.05) is 19.4 Å². The SMILES string of the molecule is COc1cccc(CCNC(=O)c2cn3cc(-c4ccnc(N)n4)ccc3n2)c1.O=C(O)C(F)(F)F. The first-order valence-corrected chi connectivity index (χ1v) is 10.4. The number of amides is 1. The molecule has 0 aliphatic rings. The fraction of sp³-hybridized carbons (Fsp3) is 0.174. The Balaban J connectivity index is 0.000000454. The molecule has 0 aliphatic heterocycles. The second kappa shape index (κ2) is 11.2. The van der Waals surface area contributed by atoms with Gasteiger partial charge in [-0.3, -0.25) is 4.79 Å². The highest BCUT2D eigenvalue weighted by Gasteiger charge is 2.38. The summed E-state index contributed by atoms with van der Waals surface area (Å²) in [5, 5.41) is 10.0. The van der Waals surface area contributed by atoms with Crippen molar-refractivity contribution in [1.29, 1.82) is 0 Å². The van der Waals surface area contributed by atoms with Gasteiger partial charge in [-0.25, -0.2) is 19.7 Å². The fourth-order valence-corrected chi connectivity index (χ4v) is 3.03. The van der Waals surface area contributed by atoms with Crippen LogP contribution in [0, 0.1) is 0 Å². The van der Waals surface area contributed by atoms with Crippen LogP contribution < -0.4 is 15.8 Å². The lowest BCUT2D eigenvalue weighted by molar-refractivity contribution is -0.192. The Labute approximate surface area is 202 Å². The first-order valence-electron chi connectivity index (χ1n) is 10.4. The fourth-order valence-electron chi connectivity index (χ4n) is 3.03. The molecule has 1 aromatic carbocycles. The molecule has 36 heavy (non-hydrogen) atoms. The van der Waals surface area contributed by atoms with Gasteiger partial charge in [-0.05, 0) is 42.3 Å². The first-order chi connectivity index (χ1) is 17.1. The van der Waals surface area contributed by atoms with Crippen molar-refractivity contribution in [3.05, 3.63) is 72.3 Å². The molecule has 0 saturated heterocycles. The lowest BCUT2D eigenvalue weighted by Crippen LogP contribution is -2.25. The Hall–Kier alpha value is -4.68. The number of ether oxygens (including phenoxy) is 1. The minimum Gasteiger partial charge on any atom is -0.497 e. The minimum absolute atomic E-state index is 0.212. The van der Waals surface area contributed by atoms with Gasteiger partial charge in [0.15, 0.2) is 0 Å². The summed E-state index contributed by atoms with van der Waals surface area (Å²) in [5.74, 6) is -1.96. The Morgan fingerprint density at radius 1 is 1.14 bits per heavy atom. The molecule has 4 N–H and O–H groups in total. The lowest BCUT2D eigenvalue weighted by Gasteiger charge is -2.05. The lowest BCUT2D eigenvalue weighted by atomic mass is 10.1. The van der Waals surface area contributed by atoms with E-state index in [1.165, 1.54) is 0 Å². The van der Waals surface area contributed by atoms with Gasteiger partial charge in [0.05, 0.1) is 12.8 Å². The minimum atomic E-state index is -5.08. The molecule has 0 spiro atoms. The van der Waals surface area contributed by atoms with Crippen LogP contribution in [0.1, 0.15) is 16.1 Å². The molecule has 0 fully saturated rings. The van der Waals surface area contributed by atoms with Crippen molar-refractivity contribution < 1.29 is 32.6 Å². The number of carbonyl (C=O) groups excluding carboxylic acids is 1. The van der Waals surface area contributed by atoms with E-state index in [2.05, 4.69) is 20.3 Å². The number of pyridine rings is 1. The highest BCUT2D eigenvalue weighted by molar-refractivity contribution is 5.92. The van der Waals surface area contributed by atoms with Crippen LogP contribution in [0.4, 0.5) is 19.1 Å². The van der Waals surface area contributed by atoms with Crippen LogP contribution >= 0.6 is 0 Å². The molecule has 0 unspecified atom stereocenters. The predicted molar refractivity (Wildman–Crippen MR) is 123 cm³/mol. The number of aromatic nitrogens is 4. The van der Waals surface area contributed by atoms with E-state index in [9.17, 15) is 18.0 Å². The van der Waals surface area contributed by atoms with Crippen molar-refractivity contribution in [3.63, 3.8) is 0 Å². The molecule has 3 heterocycles. The zero-order chi connectivity index (χ0) is 26.3. The third kappa shape index (κ3) is 6.91. The van der Waals surface area contributed by atoms with E-state index in [0.717, 1.165) is 16.9 Å². The van der Waals surface area contributed by atoms with Gasteiger partial charge in [0.1, 0.15) is 17.1 Å². The van der Waals surface area contributed by atoms with Crippen LogP contribution in [0.25, 0.3) is 16.9 Å². The number of imidazole rings is 1. The van der Waals surface area contributed by atoms with E-state index in [4.69, 9.17) is 20.4 Å². The summed E-state index contributed by atoms with van der Waals surface area (Å²) >= 11 is 0. The Kier molecular flexibility index (Phi) is 8.04. The van der Waals surface area contributed by atoms with Gasteiger partial charge in [0.25, 0.3) is 5.91 Å². The molecule has 0 atom stereocenters. The summed E-state index contributed by atoms with van der Waals surface area (Å²) in [7, 11) is 1.63. The molecule has 188 valence electrons. The van der Waals surface area contributed by atoms with Gasteiger partial charge in [0.2, 0.25) is 5.95 Å². The Morgan fingerprint density at radius 3 is 2.56 bits per heavy atom. The smallest absolute Gasteiger partial charge is 0.490 e. The summed E-state index contributed by atoms with van der Waals surface area (Å²) in [5.41, 5.74) is 9.34. The summed E-state index contributed by atoms with van der Waals surface area (Å²) in [4.78, 5) is 33.9. The van der Waals surface area contributed by atoms with Gasteiger partial charge >= 0.3 is 12.1 Å². The summed E-state index contributed by atoms with van der Waals surface area (Å²) in [6.45, 7) is 0.505. The van der Waals surface area contributed by atoms with E-state index in [1.807, 2.05) is 42.6 Å². The van der Waals surface area contributed by atoms with Gasteiger partial charge in [0, 0.05) is 30.7 Å². The van der Waals surface area contributed by atoms with E-state index < -0.39 is 12.1 Å². The zero-order valence-electron chi connectivity index (χ0n) is 18.9. The second-order valence-electron chi connectivity index (χ2n) is 7.27. The molecule has 13 heteroatoms. The van der Waals surface area contributed by atoms with Crippen LogP contribution in [-0.2, 0) is 11.2 Å². The number of benzene rings is 1. The maximum atomic E-state index is 12.5. The maximum absolute atomic E-state index is 12.5. The van der Waals surface area contributed by atoms with Gasteiger partial charge in [-0.1, -0.05) is 12.1 Å². The van der Waals surface area contributed by atoms with Crippen molar-refractivity contribution in [3.8, 4) is 17.0 Å². The number of nitrogens with zero attached hydrogens (tertiary/aromatic N) is 4. The highest BCUT2D eigenvalue weighted by Crippen LogP contribution is 2.19. The normalized spacial score (nSPS) is 10.9. The van der Waals surface area contributed by atoms with Gasteiger partial charge < -0.3 is 25.3 Å². The molecular formula is C23H21F3N6O4. The topological polar surface area (TPSA) is 145 Å². The number of nitrogen functional groups attached to an aromatic ring is 1. The van der Waals surface area contributed by atoms with E-state index in [1.54, 1.807) is 30.0 Å². The van der Waals surface area contributed by atoms with E-state index >= 15 is 0 Å². The standard InChI is InChI=1S/C21H20N6O2.C2HF3O2/c1-29-16-4-2-3-14(11-16)7-9-23-20(28)18-13-27-12-15(5-6-19(27)25-18)17-8-10-24-21(22)26-17;3-2(4,5)1(6)7/h2-6,8,10-13H,7,9H2,1H3,(H,23,28)(H2,22,24,26);(H,6,7). The number of hydrogen-bond acceptors (Lipinski definition) is 7. The van der Waals surface area contributed by atoms with E-state index in [0.29, 0.717) is 30.0 Å². The Bertz CT molecular complexity index is 1370. The summed E-state index contributed by atoms with van der Waals surface area (Å²) in [6.07, 6.45) is 0.786. The maximum Gasteiger partial charge on any atom is 0.490 e. The Morgan fingerprint density at radius 2 is 1.89 bits per heavy atom. The number of methoxy groups -OCH3 is 1. The first kappa shape index (κ1) is 25.9. The molecule has 0 bridgehead atoms. The molecular weight excluding hydrogens is 481 g/mol. The number of carboxylic acid groups (broad SMARTS) is 1. The number of rotatable bonds is 6. The molecule has 4 rings (SSSR count). The molecule has 0 aliphatic carbocycles. The number of carboxylic acids is 1. The average molecular weight is 502 g/mol. The predicted octanol–water partition coefficient (Wildman–Crippen LogP) is 2.99. The number of nitrogens with two attached hydrogens (primary N) is 1. The van der Waals surface area contributed by atoms with Crippen molar-refractivity contribution in [1.82, 2.24) is 24.7 Å². The number of alkyl halides is 3. The number of anilines is 1. The number of nitrogens with one attached hydrogen (secondary N) is 1. The average Bonchev–Trinajstić information content (AvgIpc) is 3.27. The van der Waals surface area contributed by atoms with Crippen LogP contribution in [-0.4, -0.2) is 56.2 Å². The van der Waals surface area contributed by atoms with E-state index in [-0.39, 0.29) is 11.9 Å². The summed E-state index contributed by atoms with van der Waals surface area (Å²) < 4.78 is 38.8. The second-order valence-corrected chi connectivity index (χ2v) is 7.27. The molecule has 4 aromatic rings. The number of fused-ring (bicyclic) bond motifs is 1. The molecule has 10 nitrogen and oxygen atoms in total. The molecule has 1 amide bonds. The quantitative estimate of drug-likeness (QED) is 0.365. The molecule has 0 saturated carbocycles. The molecule has 0 radical (unpaired) electrons. The highest BCUT2D eigenvalue weighted by atomic mass is 19.4. The van der Waals surface area contributed by atoms with Gasteiger partial charge in [-0.15, -0.1) is 0 Å². The molecule has 3 aromatic heterocycles. The number of halogens is 3. The van der Waals surface area contributed by atoms with Crippen molar-refractivity contribution >= 4 is 23.5 Å². The largest absolute Gasteiger partial charge is 0.497 e. The monoisotopic (exact) mass is 502 g/mol. The number of carbonyl (C=O) groups is 2. The van der Waals surface area contributed by atoms with Crippen LogP contribution in [0.2, 0.25) is 0 Å². The van der Waals surface area contributed by atoms with Crippen LogP contribution in [0.15, 0.2) is 61.1 Å². The van der Waals surface area contributed by atoms with Crippen LogP contribution in [0.5, 0.6) is 5.75 Å². The third-order valence-electron chi connectivity index (χ3n) is 4.73.